The molecule has 0 radical (unpaired) electrons. The summed E-state index contributed by atoms with van der Waals surface area (Å²) in [5.74, 6) is 2.30. The van der Waals surface area contributed by atoms with Crippen molar-refractivity contribution in [2.75, 3.05) is 14.2 Å². The summed E-state index contributed by atoms with van der Waals surface area (Å²) >= 11 is 0. The van der Waals surface area contributed by atoms with Gasteiger partial charge < -0.3 is 9.47 Å². The number of rotatable bonds is 2. The minimum absolute atomic E-state index is 0.0434. The summed E-state index contributed by atoms with van der Waals surface area (Å²) in [5.41, 5.74) is 0.296. The SMILES string of the molecule is C#Cc1c(OC)ccc(F)c1OC. The van der Waals surface area contributed by atoms with Crippen LogP contribution in [0.25, 0.3) is 0 Å². The molecule has 0 aliphatic carbocycles. The highest BCUT2D eigenvalue weighted by molar-refractivity contribution is 5.54. The lowest BCUT2D eigenvalue weighted by Gasteiger charge is -2.08. The molecule has 13 heavy (non-hydrogen) atoms. The summed E-state index contributed by atoms with van der Waals surface area (Å²) in [6.07, 6.45) is 5.19. The molecule has 0 saturated heterocycles. The third kappa shape index (κ3) is 1.57. The first-order valence-corrected chi connectivity index (χ1v) is 3.61. The van der Waals surface area contributed by atoms with E-state index in [2.05, 4.69) is 5.92 Å². The van der Waals surface area contributed by atoms with Crippen LogP contribution in [0, 0.1) is 18.2 Å². The number of halogens is 1. The average molecular weight is 180 g/mol. The number of methoxy groups -OCH3 is 2. The molecule has 0 saturated carbocycles. The summed E-state index contributed by atoms with van der Waals surface area (Å²) in [7, 11) is 2.83. The second kappa shape index (κ2) is 3.81. The van der Waals surface area contributed by atoms with Crippen LogP contribution in [0.3, 0.4) is 0 Å². The third-order valence-corrected chi connectivity index (χ3v) is 1.64. The molecule has 0 aliphatic heterocycles. The normalized spacial score (nSPS) is 9.08. The highest BCUT2D eigenvalue weighted by Crippen LogP contribution is 2.29. The Kier molecular flexibility index (Phi) is 2.76. The molecular weight excluding hydrogens is 171 g/mol. The van der Waals surface area contributed by atoms with Gasteiger partial charge in [-0.2, -0.15) is 0 Å². The van der Waals surface area contributed by atoms with E-state index in [0.29, 0.717) is 11.3 Å². The molecule has 0 aromatic heterocycles. The van der Waals surface area contributed by atoms with Gasteiger partial charge in [0.1, 0.15) is 11.3 Å². The fraction of sp³-hybridized carbons (Fsp3) is 0.200. The zero-order valence-corrected chi connectivity index (χ0v) is 7.43. The second-order valence-corrected chi connectivity index (χ2v) is 2.30. The molecule has 2 nitrogen and oxygen atoms in total. The molecule has 0 aliphatic rings. The summed E-state index contributed by atoms with van der Waals surface area (Å²) in [4.78, 5) is 0. The molecule has 1 aromatic rings. The number of hydrogen-bond acceptors (Lipinski definition) is 2. The lowest BCUT2D eigenvalue weighted by atomic mass is 10.2. The maximum Gasteiger partial charge on any atom is 0.173 e. The Bertz CT molecular complexity index is 353. The van der Waals surface area contributed by atoms with Crippen molar-refractivity contribution in [1.29, 1.82) is 0 Å². The molecular formula is C10H9FO2. The zero-order valence-electron chi connectivity index (χ0n) is 7.43. The van der Waals surface area contributed by atoms with Crippen LogP contribution in [-0.2, 0) is 0 Å². The lowest BCUT2D eigenvalue weighted by molar-refractivity contribution is 0.372. The molecule has 0 amide bonds. The van der Waals surface area contributed by atoms with Gasteiger partial charge in [-0.15, -0.1) is 6.42 Å². The maximum atomic E-state index is 13.1. The van der Waals surface area contributed by atoms with Gasteiger partial charge in [-0.25, -0.2) is 4.39 Å². The van der Waals surface area contributed by atoms with E-state index in [4.69, 9.17) is 15.9 Å². The molecule has 3 heteroatoms. The van der Waals surface area contributed by atoms with Crippen LogP contribution >= 0.6 is 0 Å². The van der Waals surface area contributed by atoms with E-state index in [1.807, 2.05) is 0 Å². The van der Waals surface area contributed by atoms with Crippen LogP contribution in [0.5, 0.6) is 11.5 Å². The van der Waals surface area contributed by atoms with Crippen molar-refractivity contribution < 1.29 is 13.9 Å². The van der Waals surface area contributed by atoms with Gasteiger partial charge in [0.25, 0.3) is 0 Å². The van der Waals surface area contributed by atoms with Crippen LogP contribution in [0.4, 0.5) is 4.39 Å². The van der Waals surface area contributed by atoms with E-state index in [0.717, 1.165) is 0 Å². The first-order valence-electron chi connectivity index (χ1n) is 3.61. The average Bonchev–Trinajstić information content (AvgIpc) is 2.17. The van der Waals surface area contributed by atoms with Gasteiger partial charge in [0, 0.05) is 0 Å². The number of hydrogen-bond donors (Lipinski definition) is 0. The molecule has 0 heterocycles. The van der Waals surface area contributed by atoms with Gasteiger partial charge >= 0.3 is 0 Å². The van der Waals surface area contributed by atoms with Crippen molar-refractivity contribution >= 4 is 0 Å². The summed E-state index contributed by atoms with van der Waals surface area (Å²) in [6.45, 7) is 0. The zero-order chi connectivity index (χ0) is 9.84. The topological polar surface area (TPSA) is 18.5 Å². The van der Waals surface area contributed by atoms with E-state index in [9.17, 15) is 4.39 Å². The minimum atomic E-state index is -0.490. The van der Waals surface area contributed by atoms with E-state index >= 15 is 0 Å². The predicted octanol–water partition coefficient (Wildman–Crippen LogP) is 1.82. The van der Waals surface area contributed by atoms with Crippen molar-refractivity contribution in [1.82, 2.24) is 0 Å². The molecule has 0 bridgehead atoms. The van der Waals surface area contributed by atoms with Gasteiger partial charge in [0.15, 0.2) is 11.6 Å². The Hall–Kier alpha value is -1.69. The van der Waals surface area contributed by atoms with E-state index in [-0.39, 0.29) is 5.75 Å². The number of ether oxygens (including phenoxy) is 2. The van der Waals surface area contributed by atoms with E-state index < -0.39 is 5.82 Å². The molecule has 1 rings (SSSR count). The Morgan fingerprint density at radius 1 is 1.31 bits per heavy atom. The Morgan fingerprint density at radius 3 is 2.46 bits per heavy atom. The monoisotopic (exact) mass is 180 g/mol. The first-order chi connectivity index (χ1) is 6.24. The van der Waals surface area contributed by atoms with Crippen LogP contribution in [0.2, 0.25) is 0 Å². The Labute approximate surface area is 76.3 Å². The van der Waals surface area contributed by atoms with Gasteiger partial charge in [-0.05, 0) is 12.1 Å². The number of benzene rings is 1. The summed E-state index contributed by atoms with van der Waals surface area (Å²) in [5, 5.41) is 0. The van der Waals surface area contributed by atoms with Crippen molar-refractivity contribution in [2.45, 2.75) is 0 Å². The maximum absolute atomic E-state index is 13.1. The molecule has 0 atom stereocenters. The van der Waals surface area contributed by atoms with Gasteiger partial charge in [0.2, 0.25) is 0 Å². The van der Waals surface area contributed by atoms with Crippen molar-refractivity contribution in [3.63, 3.8) is 0 Å². The first kappa shape index (κ1) is 9.40. The Morgan fingerprint density at radius 2 is 2.00 bits per heavy atom. The van der Waals surface area contributed by atoms with Crippen molar-refractivity contribution in [3.05, 3.63) is 23.5 Å². The number of terminal acetylenes is 1. The molecule has 0 N–H and O–H groups in total. The van der Waals surface area contributed by atoms with Crippen LogP contribution in [-0.4, -0.2) is 14.2 Å². The summed E-state index contributed by atoms with van der Waals surface area (Å²) < 4.78 is 22.8. The van der Waals surface area contributed by atoms with E-state index in [1.54, 1.807) is 0 Å². The highest BCUT2D eigenvalue weighted by atomic mass is 19.1. The third-order valence-electron chi connectivity index (χ3n) is 1.64. The van der Waals surface area contributed by atoms with E-state index in [1.165, 1.54) is 26.4 Å². The van der Waals surface area contributed by atoms with Crippen LogP contribution in [0.15, 0.2) is 12.1 Å². The molecule has 68 valence electrons. The smallest absolute Gasteiger partial charge is 0.173 e. The molecule has 0 fully saturated rings. The minimum Gasteiger partial charge on any atom is -0.495 e. The fourth-order valence-corrected chi connectivity index (χ4v) is 1.05. The van der Waals surface area contributed by atoms with Gasteiger partial charge in [-0.1, -0.05) is 5.92 Å². The quantitative estimate of drug-likeness (QED) is 0.646. The largest absolute Gasteiger partial charge is 0.495 e. The fourth-order valence-electron chi connectivity index (χ4n) is 1.05. The van der Waals surface area contributed by atoms with Crippen molar-refractivity contribution in [3.8, 4) is 23.8 Å². The molecule has 1 aromatic carbocycles. The van der Waals surface area contributed by atoms with Gasteiger partial charge in [0.05, 0.1) is 14.2 Å². The highest BCUT2D eigenvalue weighted by Gasteiger charge is 2.12. The van der Waals surface area contributed by atoms with Crippen LogP contribution < -0.4 is 9.47 Å². The second-order valence-electron chi connectivity index (χ2n) is 2.30. The standard InChI is InChI=1S/C10H9FO2/c1-4-7-9(12-2)6-5-8(11)10(7)13-3/h1,5-6H,2-3H3. The predicted molar refractivity (Wildman–Crippen MR) is 47.4 cm³/mol. The van der Waals surface area contributed by atoms with Crippen LogP contribution in [0.1, 0.15) is 5.56 Å². The van der Waals surface area contributed by atoms with Gasteiger partial charge in [-0.3, -0.25) is 0 Å². The lowest BCUT2D eigenvalue weighted by Crippen LogP contribution is -1.95. The molecule has 0 unspecified atom stereocenters. The Balaban J connectivity index is 3.39. The van der Waals surface area contributed by atoms with Crippen molar-refractivity contribution in [2.24, 2.45) is 0 Å². The summed E-state index contributed by atoms with van der Waals surface area (Å²) in [6, 6.07) is 2.71. The molecule has 0 spiro atoms.